The largest absolute Gasteiger partial charge is 0.465 e. The lowest BCUT2D eigenvalue weighted by atomic mass is 9.84. The molecule has 0 bridgehead atoms. The van der Waals surface area contributed by atoms with Gasteiger partial charge in [0.15, 0.2) is 0 Å². The quantitative estimate of drug-likeness (QED) is 0.488. The van der Waals surface area contributed by atoms with Crippen molar-refractivity contribution in [1.82, 2.24) is 15.3 Å². The Morgan fingerprint density at radius 1 is 1.21 bits per heavy atom. The smallest absolute Gasteiger partial charge is 0.404 e. The van der Waals surface area contributed by atoms with Gasteiger partial charge in [0.25, 0.3) is 0 Å². The Hall–Kier alpha value is -2.45. The van der Waals surface area contributed by atoms with Gasteiger partial charge in [-0.25, -0.2) is 14.8 Å². The zero-order valence-corrected chi connectivity index (χ0v) is 18.0. The highest BCUT2D eigenvalue weighted by Gasteiger charge is 2.28. The molecule has 29 heavy (non-hydrogen) atoms. The van der Waals surface area contributed by atoms with Gasteiger partial charge in [0, 0.05) is 40.9 Å². The van der Waals surface area contributed by atoms with Gasteiger partial charge in [0.2, 0.25) is 5.95 Å². The molecule has 0 aliphatic carbocycles. The maximum atomic E-state index is 14.4. The summed E-state index contributed by atoms with van der Waals surface area (Å²) in [6.07, 6.45) is 2.60. The fourth-order valence-corrected chi connectivity index (χ4v) is 5.22. The molecule has 3 rings (SSSR count). The van der Waals surface area contributed by atoms with Crippen LogP contribution in [0.3, 0.4) is 0 Å². The molecular weight excluding hydrogens is 409 g/mol. The van der Waals surface area contributed by atoms with Gasteiger partial charge in [-0.1, -0.05) is 38.6 Å². The van der Waals surface area contributed by atoms with Crippen LogP contribution < -0.4 is 5.32 Å². The molecule has 3 aromatic rings. The van der Waals surface area contributed by atoms with E-state index in [9.17, 15) is 14.3 Å². The number of carboxylic acid groups (broad SMARTS) is 1. The maximum Gasteiger partial charge on any atom is 0.404 e. The Balaban J connectivity index is 1.99. The number of pyridine rings is 2. The molecule has 0 spiro atoms. The van der Waals surface area contributed by atoms with E-state index >= 15 is 0 Å². The Morgan fingerprint density at radius 3 is 2.59 bits per heavy atom. The predicted octanol–water partition coefficient (Wildman–Crippen LogP) is 5.72. The zero-order valence-electron chi connectivity index (χ0n) is 16.3. The van der Waals surface area contributed by atoms with E-state index in [-0.39, 0.29) is 11.5 Å². The number of hydrogen-bond acceptors (Lipinski definition) is 5. The third-order valence-corrected chi connectivity index (χ3v) is 6.69. The fraction of sp³-hybridized carbons (Fsp3) is 0.286. The topological polar surface area (TPSA) is 75.1 Å². The van der Waals surface area contributed by atoms with Gasteiger partial charge < -0.3 is 10.4 Å². The van der Waals surface area contributed by atoms with Crippen LogP contribution in [0, 0.1) is 11.4 Å². The van der Waals surface area contributed by atoms with E-state index in [1.54, 1.807) is 18.3 Å². The van der Waals surface area contributed by atoms with Crippen LogP contribution in [0.15, 0.2) is 58.0 Å². The van der Waals surface area contributed by atoms with Crippen molar-refractivity contribution in [1.29, 1.82) is 0 Å². The normalized spacial score (nSPS) is 12.6. The first-order chi connectivity index (χ1) is 13.7. The van der Waals surface area contributed by atoms with Crippen molar-refractivity contribution < 1.29 is 14.3 Å². The van der Waals surface area contributed by atoms with Crippen molar-refractivity contribution in [2.45, 2.75) is 42.5 Å². The van der Waals surface area contributed by atoms with E-state index in [0.29, 0.717) is 12.0 Å². The molecule has 0 aliphatic rings. The summed E-state index contributed by atoms with van der Waals surface area (Å²) in [7, 11) is 0. The second kappa shape index (κ2) is 8.92. The van der Waals surface area contributed by atoms with Gasteiger partial charge in [-0.2, -0.15) is 4.39 Å². The second-order valence-electron chi connectivity index (χ2n) is 7.60. The fourth-order valence-electron chi connectivity index (χ4n) is 2.80. The number of carbonyl (C=O) groups is 1. The van der Waals surface area contributed by atoms with Gasteiger partial charge in [0.05, 0.1) is 4.21 Å². The van der Waals surface area contributed by atoms with Crippen LogP contribution in [0.2, 0.25) is 0 Å². The minimum atomic E-state index is -1.05. The highest BCUT2D eigenvalue weighted by molar-refractivity contribution is 8.01. The summed E-state index contributed by atoms with van der Waals surface area (Å²) in [5.41, 5.74) is 0.900. The lowest BCUT2D eigenvalue weighted by molar-refractivity contribution is 0.174. The third kappa shape index (κ3) is 5.55. The Labute approximate surface area is 177 Å². The first-order valence-electron chi connectivity index (χ1n) is 9.06. The highest BCUT2D eigenvalue weighted by Crippen LogP contribution is 2.43. The van der Waals surface area contributed by atoms with Crippen LogP contribution in [0.4, 0.5) is 9.18 Å². The lowest BCUT2D eigenvalue weighted by Crippen LogP contribution is -2.44. The molecule has 152 valence electrons. The number of rotatable bonds is 6. The van der Waals surface area contributed by atoms with E-state index in [4.69, 9.17) is 0 Å². The summed E-state index contributed by atoms with van der Waals surface area (Å²) in [6, 6.07) is 10.7. The third-order valence-electron chi connectivity index (χ3n) is 4.38. The molecule has 1 atom stereocenters. The second-order valence-corrected chi connectivity index (χ2v) is 10.0. The van der Waals surface area contributed by atoms with E-state index in [1.807, 2.05) is 45.0 Å². The van der Waals surface area contributed by atoms with Crippen molar-refractivity contribution in [3.63, 3.8) is 0 Å². The van der Waals surface area contributed by atoms with Gasteiger partial charge in [0.1, 0.15) is 5.03 Å². The summed E-state index contributed by atoms with van der Waals surface area (Å²) in [4.78, 5) is 20.3. The van der Waals surface area contributed by atoms with E-state index < -0.39 is 12.0 Å². The first-order valence-corrected chi connectivity index (χ1v) is 10.7. The van der Waals surface area contributed by atoms with Crippen LogP contribution in [-0.4, -0.2) is 27.2 Å². The lowest BCUT2D eigenvalue weighted by Gasteiger charge is -2.30. The minimum Gasteiger partial charge on any atom is -0.465 e. The standard InChI is InChI=1S/C21H22FN3O2S2/c1-21(2,3)16(25-20(26)27)12-13-11-15(14-7-6-10-24-18(14)22)19(28-13)29-17-8-4-5-9-23-17/h4-11,16,25H,12H2,1-3H3,(H,26,27). The zero-order chi connectivity index (χ0) is 21.0. The van der Waals surface area contributed by atoms with E-state index in [1.165, 1.54) is 29.3 Å². The van der Waals surface area contributed by atoms with E-state index in [2.05, 4.69) is 15.3 Å². The number of thiophene rings is 1. The van der Waals surface area contributed by atoms with Gasteiger partial charge in [-0.3, -0.25) is 0 Å². The average Bonchev–Trinajstić information content (AvgIpc) is 3.03. The Kier molecular flexibility index (Phi) is 6.54. The van der Waals surface area contributed by atoms with Crippen LogP contribution in [0.1, 0.15) is 25.6 Å². The van der Waals surface area contributed by atoms with Gasteiger partial charge in [-0.05, 0) is 35.7 Å². The minimum absolute atomic E-state index is 0.267. The molecule has 1 amide bonds. The summed E-state index contributed by atoms with van der Waals surface area (Å²) in [6.45, 7) is 5.98. The van der Waals surface area contributed by atoms with Crippen molar-refractivity contribution >= 4 is 29.2 Å². The number of nitrogens with one attached hydrogen (secondary N) is 1. The molecule has 0 saturated carbocycles. The first kappa shape index (κ1) is 21.3. The number of aromatic nitrogens is 2. The van der Waals surface area contributed by atoms with Crippen molar-refractivity contribution in [2.24, 2.45) is 5.41 Å². The SMILES string of the molecule is CC(C)(C)C(Cc1cc(-c2cccnc2F)c(Sc2ccccn2)s1)NC(=O)O. The van der Waals surface area contributed by atoms with E-state index in [0.717, 1.165) is 19.7 Å². The predicted molar refractivity (Wildman–Crippen MR) is 114 cm³/mol. The summed E-state index contributed by atoms with van der Waals surface area (Å²) >= 11 is 2.99. The molecule has 8 heteroatoms. The monoisotopic (exact) mass is 431 g/mol. The molecular formula is C21H22FN3O2S2. The number of amides is 1. The molecule has 0 aromatic carbocycles. The molecule has 0 saturated heterocycles. The molecule has 3 aromatic heterocycles. The number of halogens is 1. The summed E-state index contributed by atoms with van der Waals surface area (Å²) in [5.74, 6) is -0.532. The molecule has 0 fully saturated rings. The molecule has 5 nitrogen and oxygen atoms in total. The number of hydrogen-bond donors (Lipinski definition) is 2. The molecule has 3 heterocycles. The Bertz CT molecular complexity index is 987. The molecule has 0 radical (unpaired) electrons. The summed E-state index contributed by atoms with van der Waals surface area (Å²) < 4.78 is 15.3. The van der Waals surface area contributed by atoms with Crippen LogP contribution in [0.25, 0.3) is 11.1 Å². The average molecular weight is 432 g/mol. The van der Waals surface area contributed by atoms with Crippen molar-refractivity contribution in [3.8, 4) is 11.1 Å². The van der Waals surface area contributed by atoms with Gasteiger partial charge >= 0.3 is 6.09 Å². The number of nitrogens with zero attached hydrogens (tertiary/aromatic N) is 2. The molecule has 2 N–H and O–H groups in total. The van der Waals surface area contributed by atoms with Crippen LogP contribution >= 0.6 is 23.1 Å². The van der Waals surface area contributed by atoms with Crippen molar-refractivity contribution in [2.75, 3.05) is 0 Å². The highest BCUT2D eigenvalue weighted by atomic mass is 32.2. The van der Waals surface area contributed by atoms with Crippen molar-refractivity contribution in [3.05, 3.63) is 59.6 Å². The molecule has 0 aliphatic heterocycles. The van der Waals surface area contributed by atoms with Crippen LogP contribution in [0.5, 0.6) is 0 Å². The summed E-state index contributed by atoms with van der Waals surface area (Å²) in [5, 5.41) is 12.6. The maximum absolute atomic E-state index is 14.4. The molecule has 1 unspecified atom stereocenters. The Morgan fingerprint density at radius 2 is 1.97 bits per heavy atom. The van der Waals surface area contributed by atoms with Crippen LogP contribution in [-0.2, 0) is 6.42 Å². The van der Waals surface area contributed by atoms with Gasteiger partial charge in [-0.15, -0.1) is 11.3 Å².